The van der Waals surface area contributed by atoms with Gasteiger partial charge in [0.25, 0.3) is 0 Å². The highest BCUT2D eigenvalue weighted by molar-refractivity contribution is 5.85. The summed E-state index contributed by atoms with van der Waals surface area (Å²) in [4.78, 5) is 14.8. The quantitative estimate of drug-likeness (QED) is 0.759. The van der Waals surface area contributed by atoms with Gasteiger partial charge in [-0.25, -0.2) is 0 Å². The number of hydrogen-bond acceptors (Lipinski definition) is 3. The molecule has 1 aromatic carbocycles. The van der Waals surface area contributed by atoms with Gasteiger partial charge < -0.3 is 11.1 Å². The van der Waals surface area contributed by atoms with Crippen LogP contribution in [0.3, 0.4) is 0 Å². The SMILES string of the molecule is CC1CC(C)CN(C(C)(C)CNC(=O)CC(N)c2ccccc2)C1.Cl.Cl. The molecule has 0 aliphatic carbocycles. The van der Waals surface area contributed by atoms with Crippen LogP contribution < -0.4 is 11.1 Å². The minimum absolute atomic E-state index is 0. The van der Waals surface area contributed by atoms with Crippen molar-refractivity contribution >= 4 is 30.7 Å². The van der Waals surface area contributed by atoms with Crippen LogP contribution in [0.4, 0.5) is 0 Å². The number of nitrogens with zero attached hydrogens (tertiary/aromatic N) is 1. The minimum atomic E-state index is -0.246. The fourth-order valence-corrected chi connectivity index (χ4v) is 3.67. The summed E-state index contributed by atoms with van der Waals surface area (Å²) in [5.74, 6) is 1.46. The van der Waals surface area contributed by atoms with Crippen LogP contribution in [0, 0.1) is 11.8 Å². The number of amides is 1. The first-order chi connectivity index (χ1) is 11.3. The van der Waals surface area contributed by atoms with E-state index in [0.717, 1.165) is 30.5 Å². The van der Waals surface area contributed by atoms with Gasteiger partial charge in [-0.2, -0.15) is 0 Å². The molecule has 3 unspecified atom stereocenters. The van der Waals surface area contributed by atoms with E-state index in [1.807, 2.05) is 30.3 Å². The van der Waals surface area contributed by atoms with Gasteiger partial charge in [0.05, 0.1) is 0 Å². The lowest BCUT2D eigenvalue weighted by molar-refractivity contribution is -0.122. The largest absolute Gasteiger partial charge is 0.354 e. The van der Waals surface area contributed by atoms with Crippen molar-refractivity contribution < 1.29 is 4.79 Å². The molecule has 2 rings (SSSR count). The van der Waals surface area contributed by atoms with Gasteiger partial charge in [-0.05, 0) is 37.7 Å². The van der Waals surface area contributed by atoms with Gasteiger partial charge in [-0.15, -0.1) is 24.8 Å². The van der Waals surface area contributed by atoms with Crippen LogP contribution in [0.5, 0.6) is 0 Å². The second-order valence-corrected chi connectivity index (χ2v) is 8.16. The molecule has 1 fully saturated rings. The van der Waals surface area contributed by atoms with Crippen molar-refractivity contribution in [3.05, 3.63) is 35.9 Å². The van der Waals surface area contributed by atoms with Gasteiger partial charge >= 0.3 is 0 Å². The number of benzene rings is 1. The van der Waals surface area contributed by atoms with Gasteiger partial charge in [0.1, 0.15) is 0 Å². The molecule has 0 spiro atoms. The summed E-state index contributed by atoms with van der Waals surface area (Å²) in [6, 6.07) is 9.56. The Labute approximate surface area is 171 Å². The zero-order valence-electron chi connectivity index (χ0n) is 16.4. The lowest BCUT2D eigenvalue weighted by atomic mass is 9.88. The molecule has 0 bridgehead atoms. The molecule has 150 valence electrons. The van der Waals surface area contributed by atoms with E-state index in [1.54, 1.807) is 0 Å². The molecule has 1 aliphatic rings. The Morgan fingerprint density at radius 2 is 1.73 bits per heavy atom. The first-order valence-corrected chi connectivity index (χ1v) is 9.10. The summed E-state index contributed by atoms with van der Waals surface area (Å²) in [5, 5.41) is 3.09. The molecule has 0 saturated carbocycles. The first kappa shape index (κ1) is 25.2. The van der Waals surface area contributed by atoms with Crippen LogP contribution in [0.2, 0.25) is 0 Å². The van der Waals surface area contributed by atoms with Gasteiger partial charge in [-0.3, -0.25) is 9.69 Å². The second kappa shape index (κ2) is 11.1. The number of nitrogens with two attached hydrogens (primary N) is 1. The van der Waals surface area contributed by atoms with E-state index in [1.165, 1.54) is 6.42 Å². The molecule has 0 aromatic heterocycles. The molecule has 3 N–H and O–H groups in total. The fourth-order valence-electron chi connectivity index (χ4n) is 3.67. The monoisotopic (exact) mass is 403 g/mol. The smallest absolute Gasteiger partial charge is 0.221 e. The van der Waals surface area contributed by atoms with Gasteiger partial charge in [0.15, 0.2) is 0 Å². The van der Waals surface area contributed by atoms with Crippen LogP contribution in [0.1, 0.15) is 52.1 Å². The molecule has 1 aromatic rings. The van der Waals surface area contributed by atoms with Crippen LogP contribution in [-0.4, -0.2) is 36.0 Å². The van der Waals surface area contributed by atoms with Crippen molar-refractivity contribution in [3.8, 4) is 0 Å². The summed E-state index contributed by atoms with van der Waals surface area (Å²) < 4.78 is 0. The van der Waals surface area contributed by atoms with Crippen LogP contribution in [-0.2, 0) is 4.79 Å². The van der Waals surface area contributed by atoms with E-state index in [9.17, 15) is 4.79 Å². The molecule has 1 heterocycles. The van der Waals surface area contributed by atoms with Gasteiger partial charge in [0, 0.05) is 37.6 Å². The van der Waals surface area contributed by atoms with E-state index in [4.69, 9.17) is 5.73 Å². The van der Waals surface area contributed by atoms with Crippen molar-refractivity contribution in [3.63, 3.8) is 0 Å². The third kappa shape index (κ3) is 7.43. The Morgan fingerprint density at radius 3 is 2.27 bits per heavy atom. The predicted molar refractivity (Wildman–Crippen MR) is 114 cm³/mol. The fraction of sp³-hybridized carbons (Fsp3) is 0.650. The van der Waals surface area contributed by atoms with Crippen molar-refractivity contribution in [2.75, 3.05) is 19.6 Å². The number of nitrogens with one attached hydrogen (secondary N) is 1. The molecular formula is C20H35Cl2N3O. The molecule has 6 heteroatoms. The van der Waals surface area contributed by atoms with Crippen molar-refractivity contribution in [1.29, 1.82) is 0 Å². The molecule has 1 amide bonds. The Kier molecular flexibility index (Phi) is 10.8. The van der Waals surface area contributed by atoms with Crippen molar-refractivity contribution in [1.82, 2.24) is 10.2 Å². The minimum Gasteiger partial charge on any atom is -0.354 e. The van der Waals surface area contributed by atoms with Gasteiger partial charge in [-0.1, -0.05) is 44.2 Å². The first-order valence-electron chi connectivity index (χ1n) is 9.10. The lowest BCUT2D eigenvalue weighted by Crippen LogP contribution is -2.56. The maximum atomic E-state index is 12.3. The summed E-state index contributed by atoms with van der Waals surface area (Å²) in [6.07, 6.45) is 1.62. The molecular weight excluding hydrogens is 369 g/mol. The summed E-state index contributed by atoms with van der Waals surface area (Å²) in [5.41, 5.74) is 7.12. The number of likely N-dealkylation sites (tertiary alicyclic amines) is 1. The standard InChI is InChI=1S/C20H33N3O.2ClH/c1-15-10-16(2)13-23(12-15)20(3,4)14-22-19(24)11-18(21)17-8-6-5-7-9-17;;/h5-9,15-16,18H,10-14,21H2,1-4H3,(H,22,24);2*1H. The zero-order chi connectivity index (χ0) is 17.7. The molecule has 3 atom stereocenters. The van der Waals surface area contributed by atoms with Crippen molar-refractivity contribution in [2.24, 2.45) is 17.6 Å². The highest BCUT2D eigenvalue weighted by Crippen LogP contribution is 2.27. The van der Waals surface area contributed by atoms with E-state index in [2.05, 4.69) is 37.9 Å². The van der Waals surface area contributed by atoms with Crippen LogP contribution in [0.25, 0.3) is 0 Å². The normalized spacial score (nSPS) is 21.9. The molecule has 26 heavy (non-hydrogen) atoms. The number of rotatable bonds is 6. The Morgan fingerprint density at radius 1 is 1.19 bits per heavy atom. The topological polar surface area (TPSA) is 58.4 Å². The van der Waals surface area contributed by atoms with Crippen molar-refractivity contribution in [2.45, 2.75) is 52.1 Å². The maximum Gasteiger partial charge on any atom is 0.221 e. The molecule has 1 saturated heterocycles. The highest BCUT2D eigenvalue weighted by Gasteiger charge is 2.32. The lowest BCUT2D eigenvalue weighted by Gasteiger charge is -2.45. The van der Waals surface area contributed by atoms with E-state index in [-0.39, 0.29) is 42.3 Å². The predicted octanol–water partition coefficient (Wildman–Crippen LogP) is 3.79. The average Bonchev–Trinajstić information content (AvgIpc) is 2.53. The molecule has 1 aliphatic heterocycles. The average molecular weight is 404 g/mol. The Balaban J connectivity index is 0.00000312. The Bertz CT molecular complexity index is 529. The summed E-state index contributed by atoms with van der Waals surface area (Å²) in [6.45, 7) is 11.9. The summed E-state index contributed by atoms with van der Waals surface area (Å²) >= 11 is 0. The van der Waals surface area contributed by atoms with E-state index in [0.29, 0.717) is 13.0 Å². The zero-order valence-corrected chi connectivity index (χ0v) is 18.0. The Hall–Kier alpha value is -0.810. The number of hydrogen-bond donors (Lipinski definition) is 2. The summed E-state index contributed by atoms with van der Waals surface area (Å²) in [7, 11) is 0. The number of piperidine rings is 1. The number of halogens is 2. The third-order valence-electron chi connectivity index (χ3n) is 5.08. The maximum absolute atomic E-state index is 12.3. The molecule has 0 radical (unpaired) electrons. The highest BCUT2D eigenvalue weighted by atomic mass is 35.5. The van der Waals surface area contributed by atoms with E-state index >= 15 is 0 Å². The number of carbonyl (C=O) groups excluding carboxylic acids is 1. The molecule has 4 nitrogen and oxygen atoms in total. The van der Waals surface area contributed by atoms with Crippen LogP contribution >= 0.6 is 24.8 Å². The van der Waals surface area contributed by atoms with Gasteiger partial charge in [0.2, 0.25) is 5.91 Å². The van der Waals surface area contributed by atoms with Crippen LogP contribution in [0.15, 0.2) is 30.3 Å². The van der Waals surface area contributed by atoms with E-state index < -0.39 is 0 Å². The number of carbonyl (C=O) groups is 1. The second-order valence-electron chi connectivity index (χ2n) is 8.16. The third-order valence-corrected chi connectivity index (χ3v) is 5.08.